The molecule has 0 fully saturated rings. The van der Waals surface area contributed by atoms with Crippen molar-refractivity contribution in [2.45, 2.75) is 6.54 Å². The van der Waals surface area contributed by atoms with Gasteiger partial charge in [-0.25, -0.2) is 0 Å². The van der Waals surface area contributed by atoms with Gasteiger partial charge < -0.3 is 9.67 Å². The molecule has 0 saturated carbocycles. The lowest BCUT2D eigenvalue weighted by atomic mass is 10.2. The summed E-state index contributed by atoms with van der Waals surface area (Å²) in [5, 5.41) is 11.2. The maximum atomic E-state index is 8.72. The molecule has 12 heavy (non-hydrogen) atoms. The van der Waals surface area contributed by atoms with Crippen LogP contribution in [0.2, 0.25) is 0 Å². The number of aliphatic hydroxyl groups excluding tert-OH is 1. The van der Waals surface area contributed by atoms with Crippen LogP contribution in [0.15, 0.2) is 36.7 Å². The predicted octanol–water partition coefficient (Wildman–Crippen LogP) is 1.63. The highest BCUT2D eigenvalue weighted by molar-refractivity contribution is 5.81. The molecule has 0 radical (unpaired) electrons. The Morgan fingerprint density at radius 1 is 1.08 bits per heavy atom. The third-order valence-electron chi connectivity index (χ3n) is 1.96. The summed E-state index contributed by atoms with van der Waals surface area (Å²) >= 11 is 0. The number of nitrogens with zero attached hydrogens (tertiary/aromatic N) is 1. The van der Waals surface area contributed by atoms with E-state index in [0.29, 0.717) is 6.54 Å². The second-order valence-corrected chi connectivity index (χ2v) is 2.85. The number of hydrogen-bond acceptors (Lipinski definition) is 1. The minimum absolute atomic E-state index is 0.195. The van der Waals surface area contributed by atoms with E-state index in [1.807, 2.05) is 29.1 Å². The van der Waals surface area contributed by atoms with E-state index >= 15 is 0 Å². The average molecular weight is 161 g/mol. The molecule has 0 aliphatic carbocycles. The number of benzene rings is 1. The molecule has 62 valence electrons. The Balaban J connectivity index is 2.47. The van der Waals surface area contributed by atoms with Crippen LogP contribution in [0.4, 0.5) is 0 Å². The molecule has 2 nitrogen and oxygen atoms in total. The fourth-order valence-corrected chi connectivity index (χ4v) is 1.39. The van der Waals surface area contributed by atoms with Crippen molar-refractivity contribution < 1.29 is 5.11 Å². The van der Waals surface area contributed by atoms with Crippen LogP contribution in [0.1, 0.15) is 0 Å². The highest BCUT2D eigenvalue weighted by Crippen LogP contribution is 2.13. The average Bonchev–Trinajstić information content (AvgIpc) is 2.47. The summed E-state index contributed by atoms with van der Waals surface area (Å²) in [4.78, 5) is 0. The second kappa shape index (κ2) is 2.99. The van der Waals surface area contributed by atoms with E-state index in [2.05, 4.69) is 12.1 Å². The molecule has 0 bridgehead atoms. The van der Waals surface area contributed by atoms with Crippen molar-refractivity contribution in [3.05, 3.63) is 36.7 Å². The molecule has 1 N–H and O–H groups in total. The summed E-state index contributed by atoms with van der Waals surface area (Å²) < 4.78 is 2.00. The molecule has 1 aromatic heterocycles. The highest BCUT2D eigenvalue weighted by atomic mass is 16.3. The van der Waals surface area contributed by atoms with E-state index in [9.17, 15) is 0 Å². The summed E-state index contributed by atoms with van der Waals surface area (Å²) in [5.41, 5.74) is 0. The fourth-order valence-electron chi connectivity index (χ4n) is 1.39. The van der Waals surface area contributed by atoms with Gasteiger partial charge in [-0.05, 0) is 10.8 Å². The Hall–Kier alpha value is -1.28. The van der Waals surface area contributed by atoms with Crippen LogP contribution in [0.25, 0.3) is 10.8 Å². The van der Waals surface area contributed by atoms with Crippen LogP contribution in [-0.4, -0.2) is 16.3 Å². The van der Waals surface area contributed by atoms with Crippen LogP contribution in [-0.2, 0) is 6.54 Å². The Kier molecular flexibility index (Phi) is 1.84. The zero-order valence-electron chi connectivity index (χ0n) is 6.77. The maximum Gasteiger partial charge on any atom is 0.0610 e. The number of hydrogen-bond donors (Lipinski definition) is 1. The number of rotatable bonds is 2. The first kappa shape index (κ1) is 7.37. The zero-order chi connectivity index (χ0) is 8.39. The molecule has 0 amide bonds. The van der Waals surface area contributed by atoms with Crippen molar-refractivity contribution in [2.75, 3.05) is 6.61 Å². The standard InChI is InChI=1S/C10H11NO/c12-6-5-11-7-9-3-1-2-4-10(9)8-11/h1-4,7-8,12H,5-6H2. The van der Waals surface area contributed by atoms with Gasteiger partial charge in [0.2, 0.25) is 0 Å². The molecular formula is C10H11NO. The van der Waals surface area contributed by atoms with Gasteiger partial charge in [-0.3, -0.25) is 0 Å². The van der Waals surface area contributed by atoms with Gasteiger partial charge in [-0.1, -0.05) is 24.3 Å². The normalized spacial score (nSPS) is 10.8. The van der Waals surface area contributed by atoms with Gasteiger partial charge >= 0.3 is 0 Å². The van der Waals surface area contributed by atoms with E-state index < -0.39 is 0 Å². The van der Waals surface area contributed by atoms with Gasteiger partial charge in [-0.2, -0.15) is 0 Å². The Labute approximate surface area is 71.1 Å². The first-order valence-electron chi connectivity index (χ1n) is 4.05. The lowest BCUT2D eigenvalue weighted by Gasteiger charge is -1.94. The molecule has 0 aliphatic rings. The maximum absolute atomic E-state index is 8.72. The van der Waals surface area contributed by atoms with Crippen LogP contribution >= 0.6 is 0 Å². The van der Waals surface area contributed by atoms with E-state index in [1.165, 1.54) is 10.8 Å². The van der Waals surface area contributed by atoms with Gasteiger partial charge in [-0.15, -0.1) is 0 Å². The monoisotopic (exact) mass is 161 g/mol. The molecule has 0 atom stereocenters. The molecule has 1 heterocycles. The molecule has 0 unspecified atom stereocenters. The Bertz CT molecular complexity index is 345. The lowest BCUT2D eigenvalue weighted by molar-refractivity contribution is 0.276. The second-order valence-electron chi connectivity index (χ2n) is 2.85. The molecule has 2 rings (SSSR count). The minimum Gasteiger partial charge on any atom is -0.395 e. The molecule has 0 saturated heterocycles. The van der Waals surface area contributed by atoms with E-state index in [0.717, 1.165) is 0 Å². The minimum atomic E-state index is 0.195. The Morgan fingerprint density at radius 2 is 1.67 bits per heavy atom. The van der Waals surface area contributed by atoms with Crippen LogP contribution in [0.3, 0.4) is 0 Å². The van der Waals surface area contributed by atoms with Gasteiger partial charge in [0.1, 0.15) is 0 Å². The molecule has 0 aliphatic heterocycles. The first-order valence-corrected chi connectivity index (χ1v) is 4.05. The van der Waals surface area contributed by atoms with E-state index in [4.69, 9.17) is 5.11 Å². The van der Waals surface area contributed by atoms with Crippen LogP contribution in [0, 0.1) is 0 Å². The first-order chi connectivity index (χ1) is 5.90. The van der Waals surface area contributed by atoms with Crippen molar-refractivity contribution >= 4 is 10.8 Å². The summed E-state index contributed by atoms with van der Waals surface area (Å²) in [7, 11) is 0. The largest absolute Gasteiger partial charge is 0.395 e. The van der Waals surface area contributed by atoms with Crippen molar-refractivity contribution in [1.82, 2.24) is 4.57 Å². The fraction of sp³-hybridized carbons (Fsp3) is 0.200. The van der Waals surface area contributed by atoms with Crippen molar-refractivity contribution in [3.63, 3.8) is 0 Å². The van der Waals surface area contributed by atoms with Crippen molar-refractivity contribution in [2.24, 2.45) is 0 Å². The lowest BCUT2D eigenvalue weighted by Crippen LogP contribution is -1.97. The summed E-state index contributed by atoms with van der Waals surface area (Å²) in [6.45, 7) is 0.871. The summed E-state index contributed by atoms with van der Waals surface area (Å²) in [6.07, 6.45) is 4.09. The number of fused-ring (bicyclic) bond motifs is 1. The van der Waals surface area contributed by atoms with Gasteiger partial charge in [0, 0.05) is 18.9 Å². The summed E-state index contributed by atoms with van der Waals surface area (Å²) in [6, 6.07) is 8.18. The highest BCUT2D eigenvalue weighted by Gasteiger charge is 1.95. The van der Waals surface area contributed by atoms with E-state index in [1.54, 1.807) is 0 Å². The predicted molar refractivity (Wildman–Crippen MR) is 49.0 cm³/mol. The smallest absolute Gasteiger partial charge is 0.0610 e. The van der Waals surface area contributed by atoms with Gasteiger partial charge in [0.15, 0.2) is 0 Å². The van der Waals surface area contributed by atoms with Crippen LogP contribution in [0.5, 0.6) is 0 Å². The van der Waals surface area contributed by atoms with Crippen molar-refractivity contribution in [3.8, 4) is 0 Å². The Morgan fingerprint density at radius 3 is 2.17 bits per heavy atom. The molecular weight excluding hydrogens is 150 g/mol. The zero-order valence-corrected chi connectivity index (χ0v) is 6.77. The topological polar surface area (TPSA) is 25.2 Å². The summed E-state index contributed by atoms with van der Waals surface area (Å²) in [5.74, 6) is 0. The van der Waals surface area contributed by atoms with Crippen LogP contribution < -0.4 is 0 Å². The van der Waals surface area contributed by atoms with E-state index in [-0.39, 0.29) is 6.61 Å². The quantitative estimate of drug-likeness (QED) is 0.711. The number of aromatic nitrogens is 1. The van der Waals surface area contributed by atoms with Gasteiger partial charge in [0.25, 0.3) is 0 Å². The van der Waals surface area contributed by atoms with Gasteiger partial charge in [0.05, 0.1) is 6.61 Å². The molecule has 0 spiro atoms. The van der Waals surface area contributed by atoms with Crippen molar-refractivity contribution in [1.29, 1.82) is 0 Å². The third kappa shape index (κ3) is 1.21. The number of aliphatic hydroxyl groups is 1. The third-order valence-corrected chi connectivity index (χ3v) is 1.96. The molecule has 2 heteroatoms. The molecule has 1 aromatic carbocycles. The molecule has 2 aromatic rings. The SMILES string of the molecule is OCCn1cc2ccccc2c1.